The molecule has 5 heteroatoms. The smallest absolute Gasteiger partial charge is 0.240 e. The zero-order valence-corrected chi connectivity index (χ0v) is 12.0. The third-order valence-corrected chi connectivity index (χ3v) is 4.23. The van der Waals surface area contributed by atoms with Gasteiger partial charge in [0.1, 0.15) is 0 Å². The second-order valence-electron chi connectivity index (χ2n) is 4.58. The van der Waals surface area contributed by atoms with Crippen LogP contribution in [0, 0.1) is 0 Å². The van der Waals surface area contributed by atoms with Crippen LogP contribution in [0.1, 0.15) is 31.7 Å². The summed E-state index contributed by atoms with van der Waals surface area (Å²) in [4.78, 5) is 0.330. The first-order chi connectivity index (χ1) is 8.47. The van der Waals surface area contributed by atoms with Gasteiger partial charge in [0.2, 0.25) is 10.0 Å². The van der Waals surface area contributed by atoms with Crippen molar-refractivity contribution in [3.8, 4) is 0 Å². The normalized spacial score (nSPS) is 12.0. The van der Waals surface area contributed by atoms with E-state index >= 15 is 0 Å². The molecule has 0 unspecified atom stereocenters. The van der Waals surface area contributed by atoms with Gasteiger partial charge < -0.3 is 5.32 Å². The Labute approximate surface area is 110 Å². The Bertz CT molecular complexity index is 452. The maximum atomic E-state index is 11.9. The maximum absolute atomic E-state index is 11.9. The fourth-order valence-corrected chi connectivity index (χ4v) is 2.66. The van der Waals surface area contributed by atoms with Gasteiger partial charge in [0, 0.05) is 6.54 Å². The first-order valence-corrected chi connectivity index (χ1v) is 7.70. The Kier molecular flexibility index (Phi) is 5.78. The van der Waals surface area contributed by atoms with Crippen molar-refractivity contribution in [1.29, 1.82) is 0 Å². The van der Waals surface area contributed by atoms with Gasteiger partial charge in [-0.1, -0.05) is 26.0 Å². The third-order valence-electron chi connectivity index (χ3n) is 2.75. The first-order valence-electron chi connectivity index (χ1n) is 6.21. The number of sulfonamides is 1. The molecule has 0 amide bonds. The molecule has 1 aromatic carbocycles. The van der Waals surface area contributed by atoms with Crippen molar-refractivity contribution >= 4 is 10.0 Å². The highest BCUT2D eigenvalue weighted by molar-refractivity contribution is 7.89. The highest BCUT2D eigenvalue weighted by atomic mass is 32.2. The molecule has 0 aliphatic carbocycles. The Morgan fingerprint density at radius 2 is 1.72 bits per heavy atom. The molecule has 4 nitrogen and oxygen atoms in total. The lowest BCUT2D eigenvalue weighted by atomic mass is 10.0. The molecule has 0 heterocycles. The van der Waals surface area contributed by atoms with Crippen LogP contribution in [0.15, 0.2) is 29.2 Å². The van der Waals surface area contributed by atoms with Crippen LogP contribution in [0.3, 0.4) is 0 Å². The Balaban J connectivity index is 2.67. The van der Waals surface area contributed by atoms with Crippen molar-refractivity contribution in [2.75, 3.05) is 20.1 Å². The third kappa shape index (κ3) is 4.40. The van der Waals surface area contributed by atoms with Crippen LogP contribution < -0.4 is 10.0 Å². The van der Waals surface area contributed by atoms with Crippen molar-refractivity contribution in [2.24, 2.45) is 0 Å². The van der Waals surface area contributed by atoms with Crippen molar-refractivity contribution in [1.82, 2.24) is 10.0 Å². The van der Waals surface area contributed by atoms with Crippen molar-refractivity contribution < 1.29 is 8.42 Å². The number of hydrogen-bond donors (Lipinski definition) is 2. The summed E-state index contributed by atoms with van der Waals surface area (Å²) in [6, 6.07) is 7.06. The molecular weight excluding hydrogens is 248 g/mol. The minimum Gasteiger partial charge on any atom is -0.320 e. The molecule has 0 saturated heterocycles. The molecule has 1 aromatic rings. The minimum atomic E-state index is -3.36. The van der Waals surface area contributed by atoms with Gasteiger partial charge in [0.05, 0.1) is 4.90 Å². The summed E-state index contributed by atoms with van der Waals surface area (Å²) in [6.45, 7) is 5.42. The van der Waals surface area contributed by atoms with E-state index in [1.54, 1.807) is 12.1 Å². The van der Waals surface area contributed by atoms with Gasteiger partial charge in [-0.2, -0.15) is 0 Å². The second kappa shape index (κ2) is 6.87. The van der Waals surface area contributed by atoms with Gasteiger partial charge in [-0.25, -0.2) is 13.1 Å². The average Bonchev–Trinajstić information content (AvgIpc) is 2.35. The van der Waals surface area contributed by atoms with Gasteiger partial charge in [-0.3, -0.25) is 0 Å². The Hall–Kier alpha value is -0.910. The molecule has 102 valence electrons. The van der Waals surface area contributed by atoms with E-state index in [9.17, 15) is 8.42 Å². The molecule has 18 heavy (non-hydrogen) atoms. The van der Waals surface area contributed by atoms with Crippen LogP contribution in [0.4, 0.5) is 0 Å². The van der Waals surface area contributed by atoms with Crippen LogP contribution in [0.5, 0.6) is 0 Å². The molecule has 0 radical (unpaired) electrons. The Morgan fingerprint density at radius 3 is 2.22 bits per heavy atom. The fraction of sp³-hybridized carbons (Fsp3) is 0.538. The summed E-state index contributed by atoms with van der Waals surface area (Å²) in [7, 11) is -1.51. The number of rotatable bonds is 7. The van der Waals surface area contributed by atoms with Gasteiger partial charge >= 0.3 is 0 Å². The molecule has 0 bridgehead atoms. The minimum absolute atomic E-state index is 0.330. The highest BCUT2D eigenvalue weighted by Crippen LogP contribution is 2.17. The van der Waals surface area contributed by atoms with E-state index in [0.29, 0.717) is 17.4 Å². The van der Waals surface area contributed by atoms with E-state index < -0.39 is 10.0 Å². The van der Waals surface area contributed by atoms with Crippen LogP contribution >= 0.6 is 0 Å². The van der Waals surface area contributed by atoms with E-state index in [-0.39, 0.29) is 0 Å². The number of benzene rings is 1. The largest absolute Gasteiger partial charge is 0.320 e. The zero-order valence-electron chi connectivity index (χ0n) is 11.2. The molecule has 0 spiro atoms. The summed E-state index contributed by atoms with van der Waals surface area (Å²) in [5, 5.41) is 2.98. The van der Waals surface area contributed by atoms with E-state index in [4.69, 9.17) is 0 Å². The van der Waals surface area contributed by atoms with Crippen LogP contribution in [0.25, 0.3) is 0 Å². The summed E-state index contributed by atoms with van der Waals surface area (Å²) in [6.07, 6.45) is 0.778. The monoisotopic (exact) mass is 270 g/mol. The summed E-state index contributed by atoms with van der Waals surface area (Å²) < 4.78 is 26.5. The number of nitrogens with one attached hydrogen (secondary N) is 2. The van der Waals surface area contributed by atoms with Gasteiger partial charge in [-0.05, 0) is 43.6 Å². The molecule has 1 rings (SSSR count). The van der Waals surface area contributed by atoms with Gasteiger partial charge in [0.25, 0.3) is 0 Å². The molecule has 2 N–H and O–H groups in total. The Morgan fingerprint density at radius 1 is 1.11 bits per heavy atom. The van der Waals surface area contributed by atoms with Gasteiger partial charge in [0.15, 0.2) is 0 Å². The standard InChI is InChI=1S/C13H22N2O2S/c1-11(2)12-5-7-13(8-6-12)18(16,17)15-10-4-9-14-3/h5-8,11,14-15H,4,9-10H2,1-3H3. The topological polar surface area (TPSA) is 58.2 Å². The van der Waals surface area contributed by atoms with Crippen LogP contribution in [-0.4, -0.2) is 28.6 Å². The molecule has 0 aliphatic rings. The first kappa shape index (κ1) is 15.1. The predicted octanol–water partition coefficient (Wildman–Crippen LogP) is 1.70. The summed E-state index contributed by atoms with van der Waals surface area (Å²) in [5.41, 5.74) is 1.14. The van der Waals surface area contributed by atoms with Crippen molar-refractivity contribution in [2.45, 2.75) is 31.1 Å². The van der Waals surface area contributed by atoms with E-state index in [1.165, 1.54) is 0 Å². The van der Waals surface area contributed by atoms with Crippen molar-refractivity contribution in [3.05, 3.63) is 29.8 Å². The van der Waals surface area contributed by atoms with Crippen LogP contribution in [0.2, 0.25) is 0 Å². The molecular formula is C13H22N2O2S. The SMILES string of the molecule is CNCCCNS(=O)(=O)c1ccc(C(C)C)cc1. The lowest BCUT2D eigenvalue weighted by Crippen LogP contribution is -2.26. The zero-order chi connectivity index (χ0) is 13.6. The number of hydrogen-bond acceptors (Lipinski definition) is 3. The van der Waals surface area contributed by atoms with Gasteiger partial charge in [-0.15, -0.1) is 0 Å². The lowest BCUT2D eigenvalue weighted by molar-refractivity contribution is 0.577. The van der Waals surface area contributed by atoms with Crippen LogP contribution in [-0.2, 0) is 10.0 Å². The lowest BCUT2D eigenvalue weighted by Gasteiger charge is -2.09. The fourth-order valence-electron chi connectivity index (χ4n) is 1.59. The maximum Gasteiger partial charge on any atom is 0.240 e. The van der Waals surface area contributed by atoms with E-state index in [2.05, 4.69) is 23.9 Å². The second-order valence-corrected chi connectivity index (χ2v) is 6.35. The summed E-state index contributed by atoms with van der Waals surface area (Å²) in [5.74, 6) is 0.408. The highest BCUT2D eigenvalue weighted by Gasteiger charge is 2.13. The molecule has 0 atom stereocenters. The molecule has 0 aliphatic heterocycles. The predicted molar refractivity (Wildman–Crippen MR) is 74.3 cm³/mol. The molecule has 0 fully saturated rings. The van der Waals surface area contributed by atoms with Crippen molar-refractivity contribution in [3.63, 3.8) is 0 Å². The molecule has 0 aromatic heterocycles. The van der Waals surface area contributed by atoms with E-state index in [1.807, 2.05) is 19.2 Å². The summed E-state index contributed by atoms with van der Waals surface area (Å²) >= 11 is 0. The molecule has 0 saturated carbocycles. The quantitative estimate of drug-likeness (QED) is 0.741. The average molecular weight is 270 g/mol. The van der Waals surface area contributed by atoms with E-state index in [0.717, 1.165) is 18.5 Å².